The number of carbonyl (C=O) groups is 1. The molecule has 0 fully saturated rings. The van der Waals surface area contributed by atoms with Gasteiger partial charge in [0.2, 0.25) is 0 Å². The molecule has 5 heteroatoms. The average molecular weight is 305 g/mol. The molecule has 2 rings (SSSR count). The molecule has 3 nitrogen and oxygen atoms in total. The molecule has 0 aliphatic carbocycles. The maximum atomic E-state index is 12.8. The fourth-order valence-electron chi connectivity index (χ4n) is 1.77. The van der Waals surface area contributed by atoms with Crippen molar-refractivity contribution in [2.45, 2.75) is 6.54 Å². The standard InChI is InChI=1S/C16H16FNO2S/c1-2-9-18(11-15-4-3-10-21-15)16(19)12-20-14-7-5-13(17)6-8-14/h2-8,10H,1,9,11-12H2. The summed E-state index contributed by atoms with van der Waals surface area (Å²) in [5, 5.41) is 1.97. The maximum Gasteiger partial charge on any atom is 0.261 e. The van der Waals surface area contributed by atoms with Crippen molar-refractivity contribution in [3.05, 3.63) is 65.1 Å². The predicted octanol–water partition coefficient (Wildman–Crippen LogP) is 3.48. The molecule has 0 unspecified atom stereocenters. The summed E-state index contributed by atoms with van der Waals surface area (Å²) in [6.45, 7) is 4.59. The van der Waals surface area contributed by atoms with Gasteiger partial charge in [-0.1, -0.05) is 12.1 Å². The maximum absolute atomic E-state index is 12.8. The van der Waals surface area contributed by atoms with Crippen LogP contribution in [0.4, 0.5) is 4.39 Å². The minimum Gasteiger partial charge on any atom is -0.484 e. The van der Waals surface area contributed by atoms with Crippen molar-refractivity contribution in [3.8, 4) is 5.75 Å². The van der Waals surface area contributed by atoms with Crippen molar-refractivity contribution in [1.82, 2.24) is 4.90 Å². The van der Waals surface area contributed by atoms with E-state index in [0.717, 1.165) is 4.88 Å². The zero-order valence-corrected chi connectivity index (χ0v) is 12.3. The number of carbonyl (C=O) groups excluding carboxylic acids is 1. The van der Waals surface area contributed by atoms with Crippen molar-refractivity contribution in [2.24, 2.45) is 0 Å². The molecule has 21 heavy (non-hydrogen) atoms. The van der Waals surface area contributed by atoms with Gasteiger partial charge in [-0.25, -0.2) is 4.39 Å². The van der Waals surface area contributed by atoms with Crippen LogP contribution in [0.2, 0.25) is 0 Å². The van der Waals surface area contributed by atoms with Gasteiger partial charge in [-0.05, 0) is 35.7 Å². The smallest absolute Gasteiger partial charge is 0.261 e. The zero-order valence-electron chi connectivity index (χ0n) is 11.5. The highest BCUT2D eigenvalue weighted by molar-refractivity contribution is 7.09. The third kappa shape index (κ3) is 4.72. The lowest BCUT2D eigenvalue weighted by Gasteiger charge is -2.20. The number of ether oxygens (including phenoxy) is 1. The van der Waals surface area contributed by atoms with Gasteiger partial charge in [0.15, 0.2) is 6.61 Å². The van der Waals surface area contributed by atoms with Crippen LogP contribution < -0.4 is 4.74 Å². The second-order valence-electron chi connectivity index (χ2n) is 4.38. The van der Waals surface area contributed by atoms with E-state index in [4.69, 9.17) is 4.74 Å². The third-order valence-electron chi connectivity index (χ3n) is 2.80. The first-order valence-corrected chi connectivity index (χ1v) is 7.36. The van der Waals surface area contributed by atoms with Crippen molar-refractivity contribution < 1.29 is 13.9 Å². The normalized spacial score (nSPS) is 10.1. The van der Waals surface area contributed by atoms with Crippen LogP contribution in [0, 0.1) is 5.82 Å². The number of hydrogen-bond acceptors (Lipinski definition) is 3. The number of nitrogens with zero attached hydrogens (tertiary/aromatic N) is 1. The van der Waals surface area contributed by atoms with E-state index < -0.39 is 0 Å². The van der Waals surface area contributed by atoms with Crippen LogP contribution in [0.3, 0.4) is 0 Å². The van der Waals surface area contributed by atoms with E-state index in [-0.39, 0.29) is 18.3 Å². The SMILES string of the molecule is C=CCN(Cc1cccs1)C(=O)COc1ccc(F)cc1. The summed E-state index contributed by atoms with van der Waals surface area (Å²) in [5.41, 5.74) is 0. The Labute approximate surface area is 127 Å². The van der Waals surface area contributed by atoms with Crippen LogP contribution in [-0.4, -0.2) is 24.0 Å². The van der Waals surface area contributed by atoms with Crippen molar-refractivity contribution in [3.63, 3.8) is 0 Å². The van der Waals surface area contributed by atoms with Crippen LogP contribution in [0.5, 0.6) is 5.75 Å². The Morgan fingerprint density at radius 3 is 2.71 bits per heavy atom. The van der Waals surface area contributed by atoms with Crippen molar-refractivity contribution in [1.29, 1.82) is 0 Å². The molecule has 2 aromatic rings. The largest absolute Gasteiger partial charge is 0.484 e. The van der Waals surface area contributed by atoms with Crippen molar-refractivity contribution >= 4 is 17.2 Å². The van der Waals surface area contributed by atoms with Crippen LogP contribution in [-0.2, 0) is 11.3 Å². The van der Waals surface area contributed by atoms with E-state index in [1.165, 1.54) is 24.3 Å². The Hall–Kier alpha value is -2.14. The number of halogens is 1. The first-order valence-electron chi connectivity index (χ1n) is 6.48. The molecule has 0 saturated heterocycles. The Balaban J connectivity index is 1.91. The minimum atomic E-state index is -0.334. The van der Waals surface area contributed by atoms with E-state index >= 15 is 0 Å². The second-order valence-corrected chi connectivity index (χ2v) is 5.42. The van der Waals surface area contributed by atoms with Crippen LogP contribution in [0.25, 0.3) is 0 Å². The van der Waals surface area contributed by atoms with E-state index in [0.29, 0.717) is 18.8 Å². The first-order chi connectivity index (χ1) is 10.2. The van der Waals surface area contributed by atoms with Gasteiger partial charge >= 0.3 is 0 Å². The summed E-state index contributed by atoms with van der Waals surface area (Å²) in [4.78, 5) is 15.0. The van der Waals surface area contributed by atoms with Crippen LogP contribution >= 0.6 is 11.3 Å². The van der Waals surface area contributed by atoms with Gasteiger partial charge in [0.1, 0.15) is 11.6 Å². The summed E-state index contributed by atoms with van der Waals surface area (Å²) in [7, 11) is 0. The Morgan fingerprint density at radius 1 is 1.33 bits per heavy atom. The lowest BCUT2D eigenvalue weighted by atomic mass is 10.3. The van der Waals surface area contributed by atoms with Crippen LogP contribution in [0.15, 0.2) is 54.4 Å². The molecule has 1 amide bonds. The Kier molecular flexibility index (Phi) is 5.51. The van der Waals surface area contributed by atoms with E-state index in [9.17, 15) is 9.18 Å². The molecule has 1 heterocycles. The summed E-state index contributed by atoms with van der Waals surface area (Å²) >= 11 is 1.60. The number of amides is 1. The van der Waals surface area contributed by atoms with Crippen molar-refractivity contribution in [2.75, 3.05) is 13.2 Å². The molecule has 0 N–H and O–H groups in total. The highest BCUT2D eigenvalue weighted by Gasteiger charge is 2.14. The minimum absolute atomic E-state index is 0.0785. The second kappa shape index (κ2) is 7.59. The summed E-state index contributed by atoms with van der Waals surface area (Å²) < 4.78 is 18.2. The third-order valence-corrected chi connectivity index (χ3v) is 3.67. The lowest BCUT2D eigenvalue weighted by molar-refractivity contribution is -0.133. The average Bonchev–Trinajstić information content (AvgIpc) is 2.99. The van der Waals surface area contributed by atoms with Gasteiger partial charge in [-0.3, -0.25) is 4.79 Å². The quantitative estimate of drug-likeness (QED) is 0.733. The topological polar surface area (TPSA) is 29.5 Å². The van der Waals surface area contributed by atoms with Gasteiger partial charge in [-0.2, -0.15) is 0 Å². The molecule has 1 aromatic heterocycles. The molecule has 0 aliphatic heterocycles. The number of rotatable bonds is 7. The summed E-state index contributed by atoms with van der Waals surface area (Å²) in [6.07, 6.45) is 1.68. The summed E-state index contributed by atoms with van der Waals surface area (Å²) in [5.74, 6) is 0.00621. The number of thiophene rings is 1. The van der Waals surface area contributed by atoms with Gasteiger partial charge in [-0.15, -0.1) is 17.9 Å². The molecule has 0 radical (unpaired) electrons. The van der Waals surface area contributed by atoms with Crippen LogP contribution in [0.1, 0.15) is 4.88 Å². The zero-order chi connectivity index (χ0) is 15.1. The van der Waals surface area contributed by atoms with E-state index in [2.05, 4.69) is 6.58 Å². The highest BCUT2D eigenvalue weighted by Crippen LogP contribution is 2.14. The van der Waals surface area contributed by atoms with E-state index in [1.54, 1.807) is 22.3 Å². The number of benzene rings is 1. The molecule has 0 bridgehead atoms. The fourth-order valence-corrected chi connectivity index (χ4v) is 2.49. The Bertz CT molecular complexity index is 581. The monoisotopic (exact) mass is 305 g/mol. The Morgan fingerprint density at radius 2 is 2.10 bits per heavy atom. The van der Waals surface area contributed by atoms with Gasteiger partial charge in [0, 0.05) is 11.4 Å². The first kappa shape index (κ1) is 15.3. The predicted molar refractivity (Wildman–Crippen MR) is 81.8 cm³/mol. The molecule has 0 saturated carbocycles. The highest BCUT2D eigenvalue weighted by atomic mass is 32.1. The fraction of sp³-hybridized carbons (Fsp3) is 0.188. The molecule has 0 spiro atoms. The molecule has 110 valence electrons. The van der Waals surface area contributed by atoms with Gasteiger partial charge < -0.3 is 9.64 Å². The molecule has 1 aromatic carbocycles. The van der Waals surface area contributed by atoms with Gasteiger partial charge in [0.05, 0.1) is 6.54 Å². The lowest BCUT2D eigenvalue weighted by Crippen LogP contribution is -2.34. The molecule has 0 aliphatic rings. The molecular formula is C16H16FNO2S. The van der Waals surface area contributed by atoms with E-state index in [1.807, 2.05) is 17.5 Å². The summed E-state index contributed by atoms with van der Waals surface area (Å²) in [6, 6.07) is 9.53. The molecule has 0 atom stereocenters. The van der Waals surface area contributed by atoms with Gasteiger partial charge in [0.25, 0.3) is 5.91 Å². The molecular weight excluding hydrogens is 289 g/mol. The number of hydrogen-bond donors (Lipinski definition) is 0.